The molecule has 0 saturated heterocycles. The number of ether oxygens (including phenoxy) is 1. The summed E-state index contributed by atoms with van der Waals surface area (Å²) in [5, 5.41) is 8.51. The first-order valence-corrected chi connectivity index (χ1v) is 10.9. The standard InChI is InChI=1S/C24H22Cl2N4O2/c1-14-17(9-11-24(31)28-20-10-8-16(25)12-19(20)26)15(2)30-23(27-14)13-21(29-30)18-6-4-5-7-22(18)32-3/h4-8,10,12-13H,9,11H2,1-3H3,(H,28,31). The second kappa shape index (κ2) is 9.18. The van der Waals surface area contributed by atoms with Crippen molar-refractivity contribution in [3.8, 4) is 17.0 Å². The summed E-state index contributed by atoms with van der Waals surface area (Å²) in [5.41, 5.74) is 5.79. The van der Waals surface area contributed by atoms with E-state index >= 15 is 0 Å². The first-order valence-electron chi connectivity index (χ1n) is 10.1. The van der Waals surface area contributed by atoms with Crippen LogP contribution in [-0.2, 0) is 11.2 Å². The van der Waals surface area contributed by atoms with E-state index in [2.05, 4.69) is 5.32 Å². The quantitative estimate of drug-likeness (QED) is 0.382. The highest BCUT2D eigenvalue weighted by molar-refractivity contribution is 6.36. The zero-order chi connectivity index (χ0) is 22.8. The maximum atomic E-state index is 12.5. The fourth-order valence-corrected chi connectivity index (χ4v) is 4.17. The number of nitrogens with one attached hydrogen (secondary N) is 1. The highest BCUT2D eigenvalue weighted by atomic mass is 35.5. The number of amides is 1. The number of carbonyl (C=O) groups is 1. The molecule has 0 aliphatic rings. The number of nitrogens with zero attached hydrogens (tertiary/aromatic N) is 3. The van der Waals surface area contributed by atoms with E-state index < -0.39 is 0 Å². The molecule has 0 radical (unpaired) electrons. The molecule has 4 aromatic rings. The number of halogens is 2. The molecule has 2 heterocycles. The Morgan fingerprint density at radius 3 is 2.66 bits per heavy atom. The number of para-hydroxylation sites is 1. The number of aromatic nitrogens is 3. The van der Waals surface area contributed by atoms with Crippen LogP contribution in [0.25, 0.3) is 16.9 Å². The Bertz CT molecular complexity index is 1320. The highest BCUT2D eigenvalue weighted by Crippen LogP contribution is 2.30. The number of carbonyl (C=O) groups excluding carboxylic acids is 1. The smallest absolute Gasteiger partial charge is 0.224 e. The van der Waals surface area contributed by atoms with Crippen molar-refractivity contribution in [2.75, 3.05) is 12.4 Å². The van der Waals surface area contributed by atoms with Gasteiger partial charge in [-0.25, -0.2) is 9.50 Å². The summed E-state index contributed by atoms with van der Waals surface area (Å²) in [5.74, 6) is 0.617. The first kappa shape index (κ1) is 22.1. The van der Waals surface area contributed by atoms with Crippen molar-refractivity contribution in [2.24, 2.45) is 0 Å². The molecule has 0 fully saturated rings. The zero-order valence-corrected chi connectivity index (χ0v) is 19.5. The van der Waals surface area contributed by atoms with Gasteiger partial charge in [-0.05, 0) is 56.2 Å². The summed E-state index contributed by atoms with van der Waals surface area (Å²) >= 11 is 12.1. The molecule has 8 heteroatoms. The molecule has 6 nitrogen and oxygen atoms in total. The first-order chi connectivity index (χ1) is 15.4. The number of rotatable bonds is 6. The third-order valence-electron chi connectivity index (χ3n) is 5.35. The normalized spacial score (nSPS) is 11.0. The molecule has 2 aromatic carbocycles. The van der Waals surface area contributed by atoms with E-state index in [-0.39, 0.29) is 12.3 Å². The van der Waals surface area contributed by atoms with Crippen LogP contribution >= 0.6 is 23.2 Å². The third kappa shape index (κ3) is 4.42. The van der Waals surface area contributed by atoms with E-state index in [1.54, 1.807) is 25.3 Å². The number of fused-ring (bicyclic) bond motifs is 1. The predicted molar refractivity (Wildman–Crippen MR) is 128 cm³/mol. The van der Waals surface area contributed by atoms with Gasteiger partial charge < -0.3 is 10.1 Å². The highest BCUT2D eigenvalue weighted by Gasteiger charge is 2.16. The van der Waals surface area contributed by atoms with Gasteiger partial charge in [0.15, 0.2) is 5.65 Å². The van der Waals surface area contributed by atoms with E-state index in [9.17, 15) is 4.79 Å². The third-order valence-corrected chi connectivity index (χ3v) is 5.90. The molecule has 4 rings (SSSR count). The summed E-state index contributed by atoms with van der Waals surface area (Å²) in [4.78, 5) is 17.2. The topological polar surface area (TPSA) is 68.5 Å². The fourth-order valence-electron chi connectivity index (χ4n) is 3.72. The molecule has 32 heavy (non-hydrogen) atoms. The van der Waals surface area contributed by atoms with Crippen molar-refractivity contribution in [3.63, 3.8) is 0 Å². The summed E-state index contributed by atoms with van der Waals surface area (Å²) in [6.45, 7) is 3.94. The molecule has 0 spiro atoms. The van der Waals surface area contributed by atoms with E-state index in [1.165, 1.54) is 0 Å². The Balaban J connectivity index is 1.57. The molecule has 1 N–H and O–H groups in total. The fraction of sp³-hybridized carbons (Fsp3) is 0.208. The SMILES string of the molecule is COc1ccccc1-c1cc2nc(C)c(CCC(=O)Nc3ccc(Cl)cc3Cl)c(C)n2n1. The molecule has 1 amide bonds. The second-order valence-corrected chi connectivity index (χ2v) is 8.28. The Kier molecular flexibility index (Phi) is 6.35. The van der Waals surface area contributed by atoms with E-state index in [0.717, 1.165) is 39.6 Å². The molecule has 0 unspecified atom stereocenters. The van der Waals surface area contributed by atoms with Gasteiger partial charge in [0.2, 0.25) is 5.91 Å². The van der Waals surface area contributed by atoms with Gasteiger partial charge in [0.25, 0.3) is 0 Å². The number of anilines is 1. The maximum Gasteiger partial charge on any atom is 0.224 e. The lowest BCUT2D eigenvalue weighted by atomic mass is 10.1. The lowest BCUT2D eigenvalue weighted by molar-refractivity contribution is -0.116. The van der Waals surface area contributed by atoms with Crippen LogP contribution in [0.15, 0.2) is 48.5 Å². The molecule has 164 valence electrons. The Morgan fingerprint density at radius 1 is 1.12 bits per heavy atom. The van der Waals surface area contributed by atoms with Crippen LogP contribution in [0.3, 0.4) is 0 Å². The summed E-state index contributed by atoms with van der Waals surface area (Å²) in [7, 11) is 1.64. The van der Waals surface area contributed by atoms with Gasteiger partial charge in [0.1, 0.15) is 5.75 Å². The average molecular weight is 469 g/mol. The molecular formula is C24H22Cl2N4O2. The minimum absolute atomic E-state index is 0.136. The van der Waals surface area contributed by atoms with Crippen molar-refractivity contribution in [3.05, 3.63) is 75.5 Å². The zero-order valence-electron chi connectivity index (χ0n) is 17.9. The van der Waals surface area contributed by atoms with Gasteiger partial charge >= 0.3 is 0 Å². The van der Waals surface area contributed by atoms with E-state index in [0.29, 0.717) is 22.2 Å². The van der Waals surface area contributed by atoms with Gasteiger partial charge in [-0.2, -0.15) is 5.10 Å². The molecular weight excluding hydrogens is 447 g/mol. The van der Waals surface area contributed by atoms with Crippen LogP contribution in [-0.4, -0.2) is 27.6 Å². The van der Waals surface area contributed by atoms with Crippen molar-refractivity contribution in [1.29, 1.82) is 0 Å². The van der Waals surface area contributed by atoms with Crippen LogP contribution in [0.1, 0.15) is 23.4 Å². The minimum Gasteiger partial charge on any atom is -0.496 e. The summed E-state index contributed by atoms with van der Waals surface area (Å²) < 4.78 is 7.29. The van der Waals surface area contributed by atoms with Gasteiger partial charge in [-0.15, -0.1) is 0 Å². The van der Waals surface area contributed by atoms with E-state index in [1.807, 2.05) is 48.7 Å². The lowest BCUT2D eigenvalue weighted by Gasteiger charge is -2.12. The number of methoxy groups -OCH3 is 1. The molecule has 0 saturated carbocycles. The Labute approximate surface area is 196 Å². The van der Waals surface area contributed by atoms with Gasteiger partial charge in [-0.3, -0.25) is 4.79 Å². The molecule has 0 aliphatic heterocycles. The molecule has 0 aliphatic carbocycles. The number of benzene rings is 2. The lowest BCUT2D eigenvalue weighted by Crippen LogP contribution is -2.14. The summed E-state index contributed by atoms with van der Waals surface area (Å²) in [6.07, 6.45) is 0.815. The largest absolute Gasteiger partial charge is 0.496 e. The van der Waals surface area contributed by atoms with Crippen molar-refractivity contribution < 1.29 is 9.53 Å². The van der Waals surface area contributed by atoms with Crippen LogP contribution < -0.4 is 10.1 Å². The van der Waals surface area contributed by atoms with Crippen LogP contribution in [0.5, 0.6) is 5.75 Å². The Hall–Kier alpha value is -3.09. The maximum absolute atomic E-state index is 12.5. The van der Waals surface area contributed by atoms with Crippen LogP contribution in [0.4, 0.5) is 5.69 Å². The molecule has 0 bridgehead atoms. The average Bonchev–Trinajstić information content (AvgIpc) is 3.19. The van der Waals surface area contributed by atoms with Gasteiger partial charge in [-0.1, -0.05) is 35.3 Å². The van der Waals surface area contributed by atoms with Crippen LogP contribution in [0, 0.1) is 13.8 Å². The monoisotopic (exact) mass is 468 g/mol. The Morgan fingerprint density at radius 2 is 1.91 bits per heavy atom. The van der Waals surface area contributed by atoms with Crippen LogP contribution in [0.2, 0.25) is 10.0 Å². The number of aryl methyl sites for hydroxylation is 2. The number of hydrogen-bond donors (Lipinski definition) is 1. The summed E-state index contributed by atoms with van der Waals surface area (Å²) in [6, 6.07) is 14.7. The second-order valence-electron chi connectivity index (χ2n) is 7.43. The molecule has 0 atom stereocenters. The van der Waals surface area contributed by atoms with Gasteiger partial charge in [0.05, 0.1) is 23.5 Å². The van der Waals surface area contributed by atoms with Crippen molar-refractivity contribution in [1.82, 2.24) is 14.6 Å². The minimum atomic E-state index is -0.136. The van der Waals surface area contributed by atoms with Gasteiger partial charge in [0, 0.05) is 34.5 Å². The predicted octanol–water partition coefficient (Wildman–Crippen LogP) is 5.90. The van der Waals surface area contributed by atoms with Crippen molar-refractivity contribution >= 4 is 40.4 Å². The number of hydrogen-bond acceptors (Lipinski definition) is 4. The molecule has 2 aromatic heterocycles. The van der Waals surface area contributed by atoms with E-state index in [4.69, 9.17) is 38.0 Å². The van der Waals surface area contributed by atoms with Crippen molar-refractivity contribution in [2.45, 2.75) is 26.7 Å².